The van der Waals surface area contributed by atoms with E-state index in [0.717, 1.165) is 57.6 Å². The van der Waals surface area contributed by atoms with Crippen molar-refractivity contribution in [3.8, 4) is 11.5 Å². The van der Waals surface area contributed by atoms with Crippen LogP contribution in [0.1, 0.15) is 12.5 Å². The number of hydrogen-bond acceptors (Lipinski definition) is 7. The second-order valence-corrected chi connectivity index (χ2v) is 9.15. The summed E-state index contributed by atoms with van der Waals surface area (Å²) >= 11 is 0. The van der Waals surface area contributed by atoms with Gasteiger partial charge in [0.2, 0.25) is 0 Å². The van der Waals surface area contributed by atoms with Crippen molar-refractivity contribution in [3.05, 3.63) is 23.8 Å². The Bertz CT molecular complexity index is 683. The molecule has 0 aromatic heterocycles. The summed E-state index contributed by atoms with van der Waals surface area (Å²) in [5.74, 6) is 2.88. The molecule has 3 saturated heterocycles. The molecule has 3 fully saturated rings. The fourth-order valence-corrected chi connectivity index (χ4v) is 4.97. The Balaban J connectivity index is 1.25. The summed E-state index contributed by atoms with van der Waals surface area (Å²) < 4.78 is 16.9. The number of nitrogens with zero attached hydrogens (tertiary/aromatic N) is 2. The van der Waals surface area contributed by atoms with Crippen LogP contribution in [-0.2, 0) is 11.3 Å². The first-order valence-corrected chi connectivity index (χ1v) is 10.7. The Morgan fingerprint density at radius 2 is 1.86 bits per heavy atom. The summed E-state index contributed by atoms with van der Waals surface area (Å²) in [6.07, 6.45) is -0.501. The van der Waals surface area contributed by atoms with Crippen molar-refractivity contribution in [2.24, 2.45) is 11.8 Å². The van der Waals surface area contributed by atoms with Crippen molar-refractivity contribution >= 4 is 0 Å². The number of aliphatic hydroxyl groups is 1. The average molecular weight is 406 g/mol. The molecule has 1 aromatic carbocycles. The second kappa shape index (κ2) is 8.78. The second-order valence-electron chi connectivity index (χ2n) is 9.15. The fraction of sp³-hybridized carbons (Fsp3) is 0.727. The van der Waals surface area contributed by atoms with Crippen LogP contribution in [0.4, 0.5) is 0 Å². The van der Waals surface area contributed by atoms with Crippen LogP contribution in [0.2, 0.25) is 0 Å². The first-order chi connectivity index (χ1) is 14.0. The summed E-state index contributed by atoms with van der Waals surface area (Å²) in [6, 6.07) is 6.04. The number of ether oxygens (including phenoxy) is 3. The van der Waals surface area contributed by atoms with Crippen LogP contribution in [0, 0.1) is 11.8 Å². The standard InChI is InChI=1S/C22H35N3O4/c1-22(28-3)14-25(15-22)9-16-4-5-20(21(6-16)27-2)29-13-19(26)12-24-10-17-7-23-8-18(17)11-24/h4-6,17-19,23,26H,7-15H2,1-3H3/t17-,18+,19?. The van der Waals surface area contributed by atoms with Gasteiger partial charge in [0.1, 0.15) is 12.7 Å². The van der Waals surface area contributed by atoms with Crippen LogP contribution in [0.25, 0.3) is 0 Å². The largest absolute Gasteiger partial charge is 0.493 e. The van der Waals surface area contributed by atoms with Crippen LogP contribution in [0.5, 0.6) is 11.5 Å². The van der Waals surface area contributed by atoms with Gasteiger partial charge in [-0.25, -0.2) is 0 Å². The number of hydrogen-bond donors (Lipinski definition) is 2. The Morgan fingerprint density at radius 3 is 2.52 bits per heavy atom. The minimum atomic E-state index is -0.501. The number of fused-ring (bicyclic) bond motifs is 1. The first-order valence-electron chi connectivity index (χ1n) is 10.7. The van der Waals surface area contributed by atoms with Gasteiger partial charge in [-0.15, -0.1) is 0 Å². The molecule has 3 aliphatic rings. The van der Waals surface area contributed by atoms with Crippen LogP contribution in [-0.4, -0.2) is 93.3 Å². The smallest absolute Gasteiger partial charge is 0.161 e. The molecule has 3 aliphatic heterocycles. The van der Waals surface area contributed by atoms with Crippen LogP contribution < -0.4 is 14.8 Å². The SMILES string of the molecule is COc1cc(CN2CC(C)(OC)C2)ccc1OCC(O)CN1C[C@H]2CNC[C@H]2C1. The van der Waals surface area contributed by atoms with Gasteiger partial charge >= 0.3 is 0 Å². The van der Waals surface area contributed by atoms with Gasteiger partial charge < -0.3 is 24.6 Å². The molecule has 2 N–H and O–H groups in total. The summed E-state index contributed by atoms with van der Waals surface area (Å²) in [5, 5.41) is 13.9. The van der Waals surface area contributed by atoms with Gasteiger partial charge in [-0.05, 0) is 49.5 Å². The fourth-order valence-electron chi connectivity index (χ4n) is 4.97. The molecular weight excluding hydrogens is 370 g/mol. The molecule has 7 nitrogen and oxygen atoms in total. The Kier molecular flexibility index (Phi) is 6.32. The molecule has 3 atom stereocenters. The van der Waals surface area contributed by atoms with Crippen LogP contribution >= 0.6 is 0 Å². The Hall–Kier alpha value is -1.38. The Labute approximate surface area is 173 Å². The number of aliphatic hydroxyl groups excluding tert-OH is 1. The highest BCUT2D eigenvalue weighted by Crippen LogP contribution is 2.31. The van der Waals surface area contributed by atoms with Crippen molar-refractivity contribution < 1.29 is 19.3 Å². The van der Waals surface area contributed by atoms with Crippen LogP contribution in [0.15, 0.2) is 18.2 Å². The number of likely N-dealkylation sites (tertiary alicyclic amines) is 2. The van der Waals surface area contributed by atoms with E-state index < -0.39 is 6.10 Å². The molecule has 0 amide bonds. The van der Waals surface area contributed by atoms with Crippen molar-refractivity contribution in [3.63, 3.8) is 0 Å². The maximum atomic E-state index is 10.4. The van der Waals surface area contributed by atoms with E-state index in [9.17, 15) is 5.11 Å². The van der Waals surface area contributed by atoms with Gasteiger partial charge in [-0.3, -0.25) is 9.80 Å². The molecule has 0 radical (unpaired) electrons. The van der Waals surface area contributed by atoms with Gasteiger partial charge in [-0.2, -0.15) is 0 Å². The zero-order valence-corrected chi connectivity index (χ0v) is 17.9. The molecule has 1 aromatic rings. The maximum absolute atomic E-state index is 10.4. The van der Waals surface area contributed by atoms with Crippen molar-refractivity contribution in [2.75, 3.05) is 66.6 Å². The van der Waals surface area contributed by atoms with E-state index in [1.807, 2.05) is 12.1 Å². The number of methoxy groups -OCH3 is 2. The quantitative estimate of drug-likeness (QED) is 0.630. The van der Waals surface area contributed by atoms with E-state index in [0.29, 0.717) is 18.0 Å². The summed E-state index contributed by atoms with van der Waals surface area (Å²) in [4.78, 5) is 4.72. The average Bonchev–Trinajstić information content (AvgIpc) is 3.27. The minimum absolute atomic E-state index is 0.0201. The molecule has 29 heavy (non-hydrogen) atoms. The van der Waals surface area contributed by atoms with Crippen molar-refractivity contribution in [1.29, 1.82) is 0 Å². The van der Waals surface area contributed by atoms with Gasteiger partial charge in [0.25, 0.3) is 0 Å². The van der Waals surface area contributed by atoms with E-state index in [4.69, 9.17) is 14.2 Å². The highest BCUT2D eigenvalue weighted by atomic mass is 16.5. The molecular formula is C22H35N3O4. The molecule has 7 heteroatoms. The van der Waals surface area contributed by atoms with Gasteiger partial charge in [-0.1, -0.05) is 6.07 Å². The molecule has 4 rings (SSSR count). The number of rotatable bonds is 9. The topological polar surface area (TPSA) is 66.4 Å². The molecule has 3 heterocycles. The van der Waals surface area contributed by atoms with E-state index in [2.05, 4.69) is 28.1 Å². The highest BCUT2D eigenvalue weighted by Gasteiger charge is 2.38. The summed E-state index contributed by atoms with van der Waals surface area (Å²) in [6.45, 7) is 10.2. The predicted octanol–water partition coefficient (Wildman–Crippen LogP) is 0.807. The monoisotopic (exact) mass is 405 g/mol. The van der Waals surface area contributed by atoms with Crippen LogP contribution in [0.3, 0.4) is 0 Å². The van der Waals surface area contributed by atoms with E-state index >= 15 is 0 Å². The third-order valence-electron chi connectivity index (χ3n) is 6.61. The normalized spacial score (nSPS) is 27.4. The zero-order valence-electron chi connectivity index (χ0n) is 17.9. The lowest BCUT2D eigenvalue weighted by Crippen LogP contribution is -2.60. The number of benzene rings is 1. The molecule has 0 saturated carbocycles. The third-order valence-corrected chi connectivity index (χ3v) is 6.61. The van der Waals surface area contributed by atoms with E-state index in [-0.39, 0.29) is 12.2 Å². The molecule has 0 spiro atoms. The highest BCUT2D eigenvalue weighted by molar-refractivity contribution is 5.43. The first kappa shape index (κ1) is 20.9. The molecule has 162 valence electrons. The van der Waals surface area contributed by atoms with Gasteiger partial charge in [0.05, 0.1) is 12.7 Å². The third kappa shape index (κ3) is 4.86. The maximum Gasteiger partial charge on any atom is 0.161 e. The van der Waals surface area contributed by atoms with Crippen molar-refractivity contribution in [1.82, 2.24) is 15.1 Å². The Morgan fingerprint density at radius 1 is 1.14 bits per heavy atom. The van der Waals surface area contributed by atoms with Gasteiger partial charge in [0, 0.05) is 46.4 Å². The summed E-state index contributed by atoms with van der Waals surface area (Å²) in [7, 11) is 3.43. The predicted molar refractivity (Wildman–Crippen MR) is 111 cm³/mol. The molecule has 0 bridgehead atoms. The summed E-state index contributed by atoms with van der Waals surface area (Å²) in [5.41, 5.74) is 1.17. The van der Waals surface area contributed by atoms with Gasteiger partial charge in [0.15, 0.2) is 11.5 Å². The molecule has 1 unspecified atom stereocenters. The molecule has 0 aliphatic carbocycles. The minimum Gasteiger partial charge on any atom is -0.493 e. The van der Waals surface area contributed by atoms with E-state index in [1.165, 1.54) is 5.56 Å². The number of β-amino-alcohol motifs (C(OH)–C–C–N with tert-alkyl or cyclic N) is 1. The lowest BCUT2D eigenvalue weighted by Gasteiger charge is -2.47. The number of nitrogens with one attached hydrogen (secondary N) is 1. The zero-order chi connectivity index (χ0) is 20.4. The van der Waals surface area contributed by atoms with E-state index in [1.54, 1.807) is 14.2 Å². The lowest BCUT2D eigenvalue weighted by molar-refractivity contribution is -0.114. The van der Waals surface area contributed by atoms with Crippen molar-refractivity contribution in [2.45, 2.75) is 25.2 Å². The lowest BCUT2D eigenvalue weighted by atomic mass is 9.96.